The Morgan fingerprint density at radius 3 is 2.57 bits per heavy atom. The molecule has 140 valence electrons. The molecule has 1 heterocycles. The molecule has 0 aliphatic carbocycles. The first-order valence-corrected chi connectivity index (χ1v) is 9.53. The molecule has 0 aromatic heterocycles. The maximum atomic E-state index is 12.6. The quantitative estimate of drug-likeness (QED) is 0.424. The molecule has 0 atom stereocenters. The zero-order valence-electron chi connectivity index (χ0n) is 14.4. The Kier molecular flexibility index (Phi) is 5.31. The summed E-state index contributed by atoms with van der Waals surface area (Å²) < 4.78 is 11.5. The molecule has 6 heteroatoms. The van der Waals surface area contributed by atoms with E-state index in [9.17, 15) is 4.79 Å². The molecule has 0 bridgehead atoms. The fourth-order valence-corrected chi connectivity index (χ4v) is 3.32. The third-order valence-electron chi connectivity index (χ3n) is 4.18. The highest BCUT2D eigenvalue weighted by Gasteiger charge is 2.27. The van der Waals surface area contributed by atoms with Crippen molar-refractivity contribution in [3.05, 3.63) is 98.2 Å². The lowest BCUT2D eigenvalue weighted by Crippen LogP contribution is -1.98. The minimum absolute atomic E-state index is 0.192. The van der Waals surface area contributed by atoms with Gasteiger partial charge in [0.25, 0.3) is 0 Å². The predicted octanol–water partition coefficient (Wildman–Crippen LogP) is 6.84. The summed E-state index contributed by atoms with van der Waals surface area (Å²) in [6, 6.07) is 17.7. The van der Waals surface area contributed by atoms with Crippen LogP contribution in [0.3, 0.4) is 0 Å². The van der Waals surface area contributed by atoms with Gasteiger partial charge in [-0.2, -0.15) is 0 Å². The van der Waals surface area contributed by atoms with Gasteiger partial charge in [0.2, 0.25) is 5.78 Å². The van der Waals surface area contributed by atoms with Crippen molar-refractivity contribution in [3.8, 4) is 11.5 Å². The number of Topliss-reactive ketones (excluding diaryl/α,β-unsaturated/α-hetero) is 1. The number of carbonyl (C=O) groups excluding carboxylic acids is 1. The molecule has 0 N–H and O–H groups in total. The molecule has 28 heavy (non-hydrogen) atoms. The van der Waals surface area contributed by atoms with Gasteiger partial charge in [0.15, 0.2) is 5.76 Å². The van der Waals surface area contributed by atoms with E-state index in [1.165, 1.54) is 0 Å². The number of ether oxygens (including phenoxy) is 2. The van der Waals surface area contributed by atoms with E-state index in [4.69, 9.17) is 44.3 Å². The maximum Gasteiger partial charge on any atom is 0.231 e. The standard InChI is InChI=1S/C22H13Cl3O3/c23-15-3-1-2-14(8-15)12-27-16-5-6-17-20(11-16)28-21(22(17)26)10-13-4-7-18(24)19(25)9-13/h1-11H,12H2. The molecule has 0 spiro atoms. The molecule has 1 aliphatic heterocycles. The van der Waals surface area contributed by atoms with Crippen LogP contribution in [0.5, 0.6) is 11.5 Å². The van der Waals surface area contributed by atoms with Gasteiger partial charge in [0.05, 0.1) is 15.6 Å². The molecule has 0 unspecified atom stereocenters. The minimum atomic E-state index is -0.192. The second kappa shape index (κ2) is 7.88. The van der Waals surface area contributed by atoms with Gasteiger partial charge in [0, 0.05) is 11.1 Å². The van der Waals surface area contributed by atoms with E-state index in [1.807, 2.05) is 24.3 Å². The van der Waals surface area contributed by atoms with E-state index in [-0.39, 0.29) is 11.5 Å². The summed E-state index contributed by atoms with van der Waals surface area (Å²) in [7, 11) is 0. The van der Waals surface area contributed by atoms with Crippen molar-refractivity contribution in [1.29, 1.82) is 0 Å². The molecular weight excluding hydrogens is 419 g/mol. The van der Waals surface area contributed by atoms with Gasteiger partial charge >= 0.3 is 0 Å². The van der Waals surface area contributed by atoms with Gasteiger partial charge in [-0.1, -0.05) is 53.0 Å². The predicted molar refractivity (Wildman–Crippen MR) is 112 cm³/mol. The lowest BCUT2D eigenvalue weighted by molar-refractivity contribution is 0.101. The van der Waals surface area contributed by atoms with Crippen LogP contribution in [0.25, 0.3) is 6.08 Å². The van der Waals surface area contributed by atoms with E-state index in [0.717, 1.165) is 11.1 Å². The number of halogens is 3. The van der Waals surface area contributed by atoms with Crippen molar-refractivity contribution in [2.75, 3.05) is 0 Å². The lowest BCUT2D eigenvalue weighted by atomic mass is 10.1. The fourth-order valence-electron chi connectivity index (χ4n) is 2.80. The first kappa shape index (κ1) is 18.9. The molecule has 0 amide bonds. The Hall–Kier alpha value is -2.46. The van der Waals surface area contributed by atoms with Crippen LogP contribution in [0.1, 0.15) is 21.5 Å². The second-order valence-electron chi connectivity index (χ2n) is 6.19. The third kappa shape index (κ3) is 4.02. The summed E-state index contributed by atoms with van der Waals surface area (Å²) in [6.45, 7) is 0.360. The summed E-state index contributed by atoms with van der Waals surface area (Å²) in [4.78, 5) is 12.6. The van der Waals surface area contributed by atoms with Crippen LogP contribution in [-0.4, -0.2) is 5.78 Å². The summed E-state index contributed by atoms with van der Waals surface area (Å²) in [5, 5.41) is 1.52. The molecule has 3 aromatic carbocycles. The van der Waals surface area contributed by atoms with Crippen LogP contribution >= 0.6 is 34.8 Å². The Balaban J connectivity index is 1.52. The first-order valence-electron chi connectivity index (χ1n) is 8.40. The Morgan fingerprint density at radius 2 is 1.79 bits per heavy atom. The largest absolute Gasteiger partial charge is 0.489 e. The Labute approximate surface area is 177 Å². The first-order chi connectivity index (χ1) is 13.5. The molecule has 0 fully saturated rings. The lowest BCUT2D eigenvalue weighted by Gasteiger charge is -2.07. The van der Waals surface area contributed by atoms with Gasteiger partial charge in [0.1, 0.15) is 18.1 Å². The van der Waals surface area contributed by atoms with Crippen molar-refractivity contribution in [3.63, 3.8) is 0 Å². The highest BCUT2D eigenvalue weighted by atomic mass is 35.5. The number of benzene rings is 3. The van der Waals surface area contributed by atoms with Crippen LogP contribution in [0.2, 0.25) is 15.1 Å². The number of fused-ring (bicyclic) bond motifs is 1. The summed E-state index contributed by atoms with van der Waals surface area (Å²) in [5.41, 5.74) is 2.16. The van der Waals surface area contributed by atoms with E-state index in [0.29, 0.717) is 38.7 Å². The molecule has 3 nitrogen and oxygen atoms in total. The van der Waals surface area contributed by atoms with E-state index in [2.05, 4.69) is 0 Å². The minimum Gasteiger partial charge on any atom is -0.489 e. The van der Waals surface area contributed by atoms with Gasteiger partial charge < -0.3 is 9.47 Å². The number of allylic oxidation sites excluding steroid dienone is 1. The van der Waals surface area contributed by atoms with Crippen molar-refractivity contribution in [2.45, 2.75) is 6.61 Å². The SMILES string of the molecule is O=C1C(=Cc2ccc(Cl)c(Cl)c2)Oc2cc(OCc3cccc(Cl)c3)ccc21. The van der Waals surface area contributed by atoms with Gasteiger partial charge in [-0.3, -0.25) is 4.79 Å². The van der Waals surface area contributed by atoms with Crippen LogP contribution in [0.4, 0.5) is 0 Å². The molecule has 1 aliphatic rings. The molecule has 0 saturated heterocycles. The summed E-state index contributed by atoms with van der Waals surface area (Å²) >= 11 is 17.9. The van der Waals surface area contributed by atoms with Crippen molar-refractivity contribution in [1.82, 2.24) is 0 Å². The second-order valence-corrected chi connectivity index (χ2v) is 7.44. The molecule has 0 saturated carbocycles. The number of hydrogen-bond acceptors (Lipinski definition) is 3. The van der Waals surface area contributed by atoms with E-state index < -0.39 is 0 Å². The monoisotopic (exact) mass is 430 g/mol. The van der Waals surface area contributed by atoms with Gasteiger partial charge in [-0.05, 0) is 53.6 Å². The summed E-state index contributed by atoms with van der Waals surface area (Å²) in [5.74, 6) is 1.09. The molecule has 0 radical (unpaired) electrons. The molecular formula is C22H13Cl3O3. The topological polar surface area (TPSA) is 35.5 Å². The Bertz CT molecular complexity index is 1110. The normalized spacial score (nSPS) is 14.1. The maximum absolute atomic E-state index is 12.6. The van der Waals surface area contributed by atoms with E-state index in [1.54, 1.807) is 42.5 Å². The van der Waals surface area contributed by atoms with Gasteiger partial charge in [-0.15, -0.1) is 0 Å². The van der Waals surface area contributed by atoms with Crippen molar-refractivity contribution >= 4 is 46.7 Å². The van der Waals surface area contributed by atoms with Crippen molar-refractivity contribution < 1.29 is 14.3 Å². The van der Waals surface area contributed by atoms with Crippen molar-refractivity contribution in [2.24, 2.45) is 0 Å². The van der Waals surface area contributed by atoms with Crippen LogP contribution < -0.4 is 9.47 Å². The molecule has 4 rings (SSSR count). The highest BCUT2D eigenvalue weighted by Crippen LogP contribution is 2.35. The van der Waals surface area contributed by atoms with E-state index >= 15 is 0 Å². The smallest absolute Gasteiger partial charge is 0.231 e. The average Bonchev–Trinajstić information content (AvgIpc) is 2.98. The zero-order chi connectivity index (χ0) is 19.7. The number of hydrogen-bond donors (Lipinski definition) is 0. The fraction of sp³-hybridized carbons (Fsp3) is 0.0455. The number of ketones is 1. The summed E-state index contributed by atoms with van der Waals surface area (Å²) in [6.07, 6.45) is 1.64. The van der Waals surface area contributed by atoms with Crippen LogP contribution in [0, 0.1) is 0 Å². The zero-order valence-corrected chi connectivity index (χ0v) is 16.7. The van der Waals surface area contributed by atoms with Gasteiger partial charge in [-0.25, -0.2) is 0 Å². The third-order valence-corrected chi connectivity index (χ3v) is 5.15. The average molecular weight is 432 g/mol. The number of carbonyl (C=O) groups is 1. The van der Waals surface area contributed by atoms with Crippen LogP contribution in [-0.2, 0) is 6.61 Å². The number of rotatable bonds is 4. The highest BCUT2D eigenvalue weighted by molar-refractivity contribution is 6.42. The van der Waals surface area contributed by atoms with Crippen LogP contribution in [0.15, 0.2) is 66.4 Å². The Morgan fingerprint density at radius 1 is 0.929 bits per heavy atom. The molecule has 3 aromatic rings.